The van der Waals surface area contributed by atoms with Crippen LogP contribution in [0.1, 0.15) is 59.8 Å². The van der Waals surface area contributed by atoms with E-state index in [1.54, 1.807) is 0 Å². The highest BCUT2D eigenvalue weighted by Crippen LogP contribution is 2.33. The molecule has 0 heterocycles. The van der Waals surface area contributed by atoms with Crippen molar-refractivity contribution in [3.63, 3.8) is 0 Å². The number of carbonyl (C=O) groups excluding carboxylic acids is 1. The second-order valence-corrected chi connectivity index (χ2v) is 9.76. The lowest BCUT2D eigenvalue weighted by atomic mass is 9.75. The van der Waals surface area contributed by atoms with Gasteiger partial charge in [-0.1, -0.05) is 27.2 Å². The van der Waals surface area contributed by atoms with Gasteiger partial charge in [0.1, 0.15) is 0 Å². The lowest BCUT2D eigenvalue weighted by molar-refractivity contribution is -0.890. The van der Waals surface area contributed by atoms with Gasteiger partial charge in [0.2, 0.25) is 0 Å². The van der Waals surface area contributed by atoms with E-state index in [1.807, 2.05) is 6.92 Å². The minimum absolute atomic E-state index is 0.109. The highest BCUT2D eigenvalue weighted by molar-refractivity contribution is 7.85. The zero-order chi connectivity index (χ0) is 19.7. The van der Waals surface area contributed by atoms with Crippen LogP contribution in [-0.2, 0) is 19.6 Å². The summed E-state index contributed by atoms with van der Waals surface area (Å²) < 4.78 is 36.4. The Morgan fingerprint density at radius 1 is 1.16 bits per heavy atom. The normalized spacial score (nSPS) is 15.2. The Labute approximate surface area is 154 Å². The highest BCUT2D eigenvalue weighted by Gasteiger charge is 2.37. The summed E-state index contributed by atoms with van der Waals surface area (Å²) in [5, 5.41) is 0. The van der Waals surface area contributed by atoms with E-state index >= 15 is 0 Å². The van der Waals surface area contributed by atoms with Gasteiger partial charge in [0.15, 0.2) is 0 Å². The van der Waals surface area contributed by atoms with Crippen molar-refractivity contribution >= 4 is 16.1 Å². The average molecular weight is 381 g/mol. The number of carbonyl (C=O) groups is 1. The molecule has 0 aromatic heterocycles. The average Bonchev–Trinajstić information content (AvgIpc) is 2.47. The highest BCUT2D eigenvalue weighted by atomic mass is 32.2. The maximum atomic E-state index is 12.4. The molecule has 0 amide bonds. The van der Waals surface area contributed by atoms with Crippen molar-refractivity contribution in [2.45, 2.75) is 59.8 Å². The number of quaternary nitrogens is 1. The molecule has 0 aromatic rings. The van der Waals surface area contributed by atoms with Crippen molar-refractivity contribution in [3.8, 4) is 0 Å². The molecule has 150 valence electrons. The Morgan fingerprint density at radius 3 is 2.20 bits per heavy atom. The summed E-state index contributed by atoms with van der Waals surface area (Å²) in [6.07, 6.45) is 3.75. The van der Waals surface area contributed by atoms with E-state index in [0.717, 1.165) is 43.3 Å². The van der Waals surface area contributed by atoms with E-state index in [4.69, 9.17) is 9.29 Å². The Balaban J connectivity index is 4.18. The minimum Gasteiger partial charge on any atom is -0.465 e. The van der Waals surface area contributed by atoms with Crippen LogP contribution in [-0.4, -0.2) is 63.0 Å². The van der Waals surface area contributed by atoms with Gasteiger partial charge in [0, 0.05) is 6.42 Å². The van der Waals surface area contributed by atoms with Crippen molar-refractivity contribution in [2.75, 3.05) is 39.5 Å². The third-order valence-corrected chi connectivity index (χ3v) is 5.87. The maximum Gasteiger partial charge on any atom is 0.312 e. The SMILES string of the molecule is CCCC(C)(C(=O)OCCC[N+](C)(C)CCCCS(=O)(=O)O)C(C)C. The molecule has 0 saturated carbocycles. The molecule has 0 aromatic carbocycles. The molecule has 0 aliphatic heterocycles. The van der Waals surface area contributed by atoms with Crippen molar-refractivity contribution in [3.05, 3.63) is 0 Å². The van der Waals surface area contributed by atoms with Gasteiger partial charge in [-0.25, -0.2) is 0 Å². The Kier molecular flexibility index (Phi) is 10.2. The van der Waals surface area contributed by atoms with E-state index in [0.29, 0.717) is 13.0 Å². The van der Waals surface area contributed by atoms with Gasteiger partial charge in [-0.3, -0.25) is 9.35 Å². The number of esters is 1. The van der Waals surface area contributed by atoms with Crippen molar-refractivity contribution < 1.29 is 27.0 Å². The summed E-state index contributed by atoms with van der Waals surface area (Å²) in [7, 11) is 0.285. The molecule has 7 heteroatoms. The van der Waals surface area contributed by atoms with Crippen LogP contribution in [0, 0.1) is 11.3 Å². The smallest absolute Gasteiger partial charge is 0.312 e. The first-order chi connectivity index (χ1) is 11.3. The van der Waals surface area contributed by atoms with Crippen LogP contribution in [0.2, 0.25) is 0 Å². The zero-order valence-electron chi connectivity index (χ0n) is 16.9. The number of hydrogen-bond acceptors (Lipinski definition) is 4. The lowest BCUT2D eigenvalue weighted by Crippen LogP contribution is -2.42. The van der Waals surface area contributed by atoms with Crippen LogP contribution in [0.5, 0.6) is 0 Å². The molecule has 1 N–H and O–H groups in total. The summed E-state index contributed by atoms with van der Waals surface area (Å²) in [6.45, 7) is 10.3. The first kappa shape index (κ1) is 24.3. The van der Waals surface area contributed by atoms with Crippen LogP contribution in [0.4, 0.5) is 0 Å². The third-order valence-electron chi connectivity index (χ3n) is 5.07. The molecule has 0 aliphatic carbocycles. The van der Waals surface area contributed by atoms with Gasteiger partial charge in [-0.05, 0) is 32.1 Å². The minimum atomic E-state index is -3.86. The summed E-state index contributed by atoms with van der Waals surface area (Å²) in [5.74, 6) is -0.0479. The summed E-state index contributed by atoms with van der Waals surface area (Å²) in [5.41, 5.74) is -0.422. The predicted molar refractivity (Wildman–Crippen MR) is 101 cm³/mol. The molecule has 1 atom stereocenters. The van der Waals surface area contributed by atoms with E-state index in [2.05, 4.69) is 34.9 Å². The molecular weight excluding hydrogens is 342 g/mol. The van der Waals surface area contributed by atoms with Crippen LogP contribution in [0.25, 0.3) is 0 Å². The number of hydrogen-bond donors (Lipinski definition) is 1. The molecule has 6 nitrogen and oxygen atoms in total. The fraction of sp³-hybridized carbons (Fsp3) is 0.944. The second kappa shape index (κ2) is 10.5. The molecule has 0 spiro atoms. The number of ether oxygens (including phenoxy) is 1. The Hall–Kier alpha value is -0.660. The topological polar surface area (TPSA) is 80.7 Å². The second-order valence-electron chi connectivity index (χ2n) is 8.19. The molecular formula is C18H38NO5S+. The molecule has 0 aliphatic rings. The van der Waals surface area contributed by atoms with Gasteiger partial charge in [0.25, 0.3) is 10.1 Å². The molecule has 0 rings (SSSR count). The van der Waals surface area contributed by atoms with Gasteiger partial charge >= 0.3 is 5.97 Å². The predicted octanol–water partition coefficient (Wildman–Crippen LogP) is 3.13. The van der Waals surface area contributed by atoms with Crippen LogP contribution in [0.3, 0.4) is 0 Å². The van der Waals surface area contributed by atoms with Gasteiger partial charge in [-0.2, -0.15) is 8.42 Å². The van der Waals surface area contributed by atoms with E-state index in [-0.39, 0.29) is 17.6 Å². The first-order valence-corrected chi connectivity index (χ1v) is 10.9. The molecule has 25 heavy (non-hydrogen) atoms. The Morgan fingerprint density at radius 2 is 1.72 bits per heavy atom. The van der Waals surface area contributed by atoms with Gasteiger partial charge in [0.05, 0.1) is 45.0 Å². The maximum absolute atomic E-state index is 12.4. The van der Waals surface area contributed by atoms with Crippen LogP contribution >= 0.6 is 0 Å². The lowest BCUT2D eigenvalue weighted by Gasteiger charge is -2.32. The Bertz CT molecular complexity index is 502. The number of nitrogens with zero attached hydrogens (tertiary/aromatic N) is 1. The fourth-order valence-corrected chi connectivity index (χ4v) is 3.47. The first-order valence-electron chi connectivity index (χ1n) is 9.28. The van der Waals surface area contributed by atoms with Crippen molar-refractivity contribution in [1.29, 1.82) is 0 Å². The molecule has 0 bridgehead atoms. The summed E-state index contributed by atoms with van der Waals surface area (Å²) in [4.78, 5) is 12.4. The summed E-state index contributed by atoms with van der Waals surface area (Å²) in [6, 6.07) is 0. The van der Waals surface area contributed by atoms with E-state index in [1.165, 1.54) is 0 Å². The summed E-state index contributed by atoms with van der Waals surface area (Å²) >= 11 is 0. The zero-order valence-corrected chi connectivity index (χ0v) is 17.7. The number of unbranched alkanes of at least 4 members (excludes halogenated alkanes) is 1. The fourth-order valence-electron chi connectivity index (χ4n) is 2.90. The quantitative estimate of drug-likeness (QED) is 0.230. The third kappa shape index (κ3) is 10.2. The van der Waals surface area contributed by atoms with Gasteiger partial charge < -0.3 is 9.22 Å². The molecule has 0 saturated heterocycles. The monoisotopic (exact) mass is 380 g/mol. The van der Waals surface area contributed by atoms with Gasteiger partial charge in [-0.15, -0.1) is 0 Å². The molecule has 1 unspecified atom stereocenters. The van der Waals surface area contributed by atoms with Crippen LogP contribution in [0.15, 0.2) is 0 Å². The number of rotatable bonds is 13. The molecule has 0 radical (unpaired) electrons. The van der Waals surface area contributed by atoms with Crippen molar-refractivity contribution in [2.24, 2.45) is 11.3 Å². The standard InChI is InChI=1S/C18H37NO5S/c1-7-11-18(4,16(2)3)17(20)24-14-10-13-19(5,6)12-8-9-15-25(21,22)23/h16H,7-15H2,1-6H3/p+1. The largest absolute Gasteiger partial charge is 0.465 e. The van der Waals surface area contributed by atoms with E-state index in [9.17, 15) is 13.2 Å². The molecule has 0 fully saturated rings. The van der Waals surface area contributed by atoms with Crippen molar-refractivity contribution in [1.82, 2.24) is 0 Å². The van der Waals surface area contributed by atoms with E-state index < -0.39 is 15.5 Å². The van der Waals surface area contributed by atoms with Crippen LogP contribution < -0.4 is 0 Å².